The zero-order valence-corrected chi connectivity index (χ0v) is 14.4. The van der Waals surface area contributed by atoms with Gasteiger partial charge in [-0.2, -0.15) is 0 Å². The van der Waals surface area contributed by atoms with E-state index in [4.69, 9.17) is 4.74 Å². The number of para-hydroxylation sites is 1. The Morgan fingerprint density at radius 2 is 1.92 bits per heavy atom. The zero-order chi connectivity index (χ0) is 17.9. The fourth-order valence-corrected chi connectivity index (χ4v) is 3.48. The predicted molar refractivity (Wildman–Crippen MR) is 101 cm³/mol. The third-order valence-corrected chi connectivity index (χ3v) is 4.81. The van der Waals surface area contributed by atoms with Crippen LogP contribution in [0.2, 0.25) is 0 Å². The van der Waals surface area contributed by atoms with Crippen LogP contribution < -0.4 is 15.5 Å². The number of nitrogens with zero attached hydrogens (tertiary/aromatic N) is 1. The summed E-state index contributed by atoms with van der Waals surface area (Å²) >= 11 is 0. The van der Waals surface area contributed by atoms with Gasteiger partial charge < -0.3 is 20.3 Å². The topological polar surface area (TPSA) is 70.7 Å². The average molecular weight is 351 g/mol. The fraction of sp³-hybridized carbons (Fsp3) is 0.300. The van der Waals surface area contributed by atoms with E-state index in [0.717, 1.165) is 30.0 Å². The van der Waals surface area contributed by atoms with Crippen LogP contribution in [0.4, 0.5) is 17.1 Å². The van der Waals surface area contributed by atoms with Gasteiger partial charge in [-0.05, 0) is 29.8 Å². The number of carbonyl (C=O) groups is 2. The van der Waals surface area contributed by atoms with Crippen molar-refractivity contribution in [1.29, 1.82) is 0 Å². The lowest BCUT2D eigenvalue weighted by Gasteiger charge is -2.29. The van der Waals surface area contributed by atoms with Crippen molar-refractivity contribution in [1.82, 2.24) is 0 Å². The number of carbonyl (C=O) groups excluding carboxylic acids is 2. The number of nitrogens with one attached hydrogen (secondary N) is 2. The fourth-order valence-electron chi connectivity index (χ4n) is 3.48. The lowest BCUT2D eigenvalue weighted by molar-refractivity contribution is -0.123. The van der Waals surface area contributed by atoms with Gasteiger partial charge in [0.15, 0.2) is 0 Å². The van der Waals surface area contributed by atoms with Gasteiger partial charge in [0.25, 0.3) is 0 Å². The summed E-state index contributed by atoms with van der Waals surface area (Å²) in [5.74, 6) is -0.774. The summed E-state index contributed by atoms with van der Waals surface area (Å²) in [6, 6.07) is 15.3. The lowest BCUT2D eigenvalue weighted by Crippen LogP contribution is -2.36. The average Bonchev–Trinajstić information content (AvgIpc) is 2.68. The maximum atomic E-state index is 12.8. The summed E-state index contributed by atoms with van der Waals surface area (Å²) in [4.78, 5) is 27.0. The van der Waals surface area contributed by atoms with E-state index in [1.165, 1.54) is 0 Å². The van der Waals surface area contributed by atoms with E-state index in [9.17, 15) is 9.59 Å². The number of anilines is 3. The van der Waals surface area contributed by atoms with Crippen LogP contribution in [-0.4, -0.2) is 38.1 Å². The minimum absolute atomic E-state index is 0.133. The number of hydrogen-bond acceptors (Lipinski definition) is 4. The van der Waals surface area contributed by atoms with Crippen LogP contribution in [0.15, 0.2) is 48.5 Å². The summed E-state index contributed by atoms with van der Waals surface area (Å²) in [7, 11) is 0. The molecule has 2 aromatic rings. The van der Waals surface area contributed by atoms with Crippen LogP contribution in [-0.2, 0) is 14.3 Å². The molecule has 0 bridgehead atoms. The van der Waals surface area contributed by atoms with E-state index in [2.05, 4.69) is 15.5 Å². The molecule has 2 aromatic carbocycles. The molecular weight excluding hydrogens is 330 g/mol. The van der Waals surface area contributed by atoms with Crippen molar-refractivity contribution >= 4 is 28.9 Å². The molecule has 2 heterocycles. The molecule has 0 radical (unpaired) electrons. The molecule has 0 aliphatic carbocycles. The van der Waals surface area contributed by atoms with E-state index in [1.807, 2.05) is 48.5 Å². The zero-order valence-electron chi connectivity index (χ0n) is 14.4. The van der Waals surface area contributed by atoms with Crippen molar-refractivity contribution in [2.45, 2.75) is 12.3 Å². The van der Waals surface area contributed by atoms with Crippen LogP contribution in [0.3, 0.4) is 0 Å². The molecular formula is C20H21N3O3. The molecule has 2 aliphatic rings. The number of rotatable bonds is 3. The van der Waals surface area contributed by atoms with E-state index in [0.29, 0.717) is 18.9 Å². The monoisotopic (exact) mass is 351 g/mol. The highest BCUT2D eigenvalue weighted by Crippen LogP contribution is 2.33. The second-order valence-electron chi connectivity index (χ2n) is 6.53. The molecule has 6 heteroatoms. The Balaban J connectivity index is 1.52. The molecule has 4 rings (SSSR count). The van der Waals surface area contributed by atoms with Gasteiger partial charge in [-0.15, -0.1) is 0 Å². The van der Waals surface area contributed by atoms with Gasteiger partial charge in [-0.25, -0.2) is 0 Å². The first-order valence-electron chi connectivity index (χ1n) is 8.83. The Hall–Kier alpha value is -2.86. The number of ether oxygens (including phenoxy) is 1. The molecule has 0 spiro atoms. The largest absolute Gasteiger partial charge is 0.378 e. The van der Waals surface area contributed by atoms with Crippen LogP contribution in [0, 0.1) is 0 Å². The Morgan fingerprint density at radius 1 is 1.12 bits per heavy atom. The molecule has 1 atom stereocenters. The van der Waals surface area contributed by atoms with E-state index in [-0.39, 0.29) is 18.2 Å². The summed E-state index contributed by atoms with van der Waals surface area (Å²) in [6.07, 6.45) is 0.159. The Labute approximate surface area is 152 Å². The molecule has 1 unspecified atom stereocenters. The van der Waals surface area contributed by atoms with Crippen LogP contribution in [0.1, 0.15) is 17.9 Å². The first-order chi connectivity index (χ1) is 12.7. The van der Waals surface area contributed by atoms with Crippen molar-refractivity contribution in [2.24, 2.45) is 0 Å². The molecule has 6 nitrogen and oxygen atoms in total. The van der Waals surface area contributed by atoms with Gasteiger partial charge in [0.2, 0.25) is 11.8 Å². The highest BCUT2D eigenvalue weighted by molar-refractivity contribution is 6.05. The third kappa shape index (κ3) is 3.41. The molecule has 2 amide bonds. The number of fused-ring (bicyclic) bond motifs is 1. The molecule has 1 saturated heterocycles. The molecule has 1 fully saturated rings. The molecule has 134 valence electrons. The maximum absolute atomic E-state index is 12.8. The maximum Gasteiger partial charge on any atom is 0.232 e. The lowest BCUT2D eigenvalue weighted by atomic mass is 9.90. The highest BCUT2D eigenvalue weighted by atomic mass is 16.5. The molecule has 2 N–H and O–H groups in total. The second-order valence-corrected chi connectivity index (χ2v) is 6.53. The molecule has 26 heavy (non-hydrogen) atoms. The summed E-state index contributed by atoms with van der Waals surface area (Å²) < 4.78 is 5.39. The van der Waals surface area contributed by atoms with E-state index < -0.39 is 5.92 Å². The SMILES string of the molecule is O=C1CC(C(=O)Nc2cccc(N3CCOCC3)c2)c2ccccc2N1. The molecule has 0 saturated carbocycles. The Bertz CT molecular complexity index is 831. The Kier molecular flexibility index (Phi) is 4.58. The quantitative estimate of drug-likeness (QED) is 0.892. The van der Waals surface area contributed by atoms with E-state index in [1.54, 1.807) is 0 Å². The first kappa shape index (κ1) is 16.6. The standard InChI is InChI=1S/C20H21N3O3/c24-19-13-17(16-6-1-2-7-18(16)22-19)20(25)21-14-4-3-5-15(12-14)23-8-10-26-11-9-23/h1-7,12,17H,8-11,13H2,(H,21,25)(H,22,24). The van der Waals surface area contributed by atoms with E-state index >= 15 is 0 Å². The van der Waals surface area contributed by atoms with Crippen molar-refractivity contribution in [3.05, 3.63) is 54.1 Å². The van der Waals surface area contributed by atoms with Crippen molar-refractivity contribution in [3.63, 3.8) is 0 Å². The summed E-state index contributed by atoms with van der Waals surface area (Å²) in [5, 5.41) is 5.80. The van der Waals surface area contributed by atoms with Crippen LogP contribution >= 0.6 is 0 Å². The van der Waals surface area contributed by atoms with Crippen molar-refractivity contribution in [2.75, 3.05) is 41.8 Å². The van der Waals surface area contributed by atoms with Gasteiger partial charge in [0.1, 0.15) is 0 Å². The van der Waals surface area contributed by atoms with Gasteiger partial charge in [-0.1, -0.05) is 24.3 Å². The van der Waals surface area contributed by atoms with Crippen molar-refractivity contribution in [3.8, 4) is 0 Å². The number of benzene rings is 2. The van der Waals surface area contributed by atoms with Crippen LogP contribution in [0.5, 0.6) is 0 Å². The van der Waals surface area contributed by atoms with Gasteiger partial charge in [0, 0.05) is 36.6 Å². The summed E-state index contributed by atoms with van der Waals surface area (Å²) in [6.45, 7) is 3.11. The van der Waals surface area contributed by atoms with Crippen molar-refractivity contribution < 1.29 is 14.3 Å². The summed E-state index contributed by atoms with van der Waals surface area (Å²) in [5.41, 5.74) is 3.37. The molecule has 2 aliphatic heterocycles. The first-order valence-corrected chi connectivity index (χ1v) is 8.83. The van der Waals surface area contributed by atoms with Gasteiger partial charge in [0.05, 0.1) is 19.1 Å². The minimum atomic E-state index is -0.480. The minimum Gasteiger partial charge on any atom is -0.378 e. The smallest absolute Gasteiger partial charge is 0.232 e. The number of hydrogen-bond donors (Lipinski definition) is 2. The number of morpholine rings is 1. The Morgan fingerprint density at radius 3 is 2.77 bits per heavy atom. The van der Waals surface area contributed by atoms with Crippen LogP contribution in [0.25, 0.3) is 0 Å². The molecule has 0 aromatic heterocycles. The van der Waals surface area contributed by atoms with Gasteiger partial charge in [-0.3, -0.25) is 9.59 Å². The van der Waals surface area contributed by atoms with Gasteiger partial charge >= 0.3 is 0 Å². The number of amides is 2. The predicted octanol–water partition coefficient (Wildman–Crippen LogP) is 2.59. The third-order valence-electron chi connectivity index (χ3n) is 4.81. The highest BCUT2D eigenvalue weighted by Gasteiger charge is 2.30. The normalized spacial score (nSPS) is 19.5. The second kappa shape index (κ2) is 7.17.